The van der Waals surface area contributed by atoms with Gasteiger partial charge in [-0.1, -0.05) is 66.7 Å². The Bertz CT molecular complexity index is 902. The van der Waals surface area contributed by atoms with Gasteiger partial charge in [0.05, 0.1) is 11.6 Å². The number of nitrogens with one attached hydrogen (secondary N) is 1. The van der Waals surface area contributed by atoms with Gasteiger partial charge in [-0.25, -0.2) is 4.79 Å². The molecule has 1 atom stereocenters. The number of aromatic hydroxyl groups is 1. The van der Waals surface area contributed by atoms with E-state index in [4.69, 9.17) is 4.74 Å². The van der Waals surface area contributed by atoms with Gasteiger partial charge in [-0.2, -0.15) is 0 Å². The molecule has 0 aliphatic carbocycles. The summed E-state index contributed by atoms with van der Waals surface area (Å²) in [7, 11) is 0. The van der Waals surface area contributed by atoms with Crippen molar-refractivity contribution in [3.05, 3.63) is 102 Å². The van der Waals surface area contributed by atoms with Gasteiger partial charge in [-0.05, 0) is 36.2 Å². The van der Waals surface area contributed by atoms with E-state index in [1.807, 2.05) is 60.7 Å². The van der Waals surface area contributed by atoms with Crippen molar-refractivity contribution in [3.8, 4) is 5.75 Å². The highest BCUT2D eigenvalue weighted by molar-refractivity contribution is 5.92. The van der Waals surface area contributed by atoms with Crippen molar-refractivity contribution < 1.29 is 19.4 Å². The van der Waals surface area contributed by atoms with E-state index >= 15 is 0 Å². The molecule has 1 amide bonds. The van der Waals surface area contributed by atoms with Crippen LogP contribution in [0.15, 0.2) is 84.9 Å². The lowest BCUT2D eigenvalue weighted by atomic mass is 9.98. The molecule has 3 aromatic carbocycles. The minimum atomic E-state index is -0.996. The van der Waals surface area contributed by atoms with Crippen LogP contribution >= 0.6 is 0 Å². The summed E-state index contributed by atoms with van der Waals surface area (Å²) in [6, 6.07) is 24.6. The zero-order chi connectivity index (χ0) is 19.9. The molecule has 3 rings (SSSR count). The highest BCUT2D eigenvalue weighted by atomic mass is 16.5. The topological polar surface area (TPSA) is 75.6 Å². The molecule has 0 aliphatic rings. The molecule has 0 bridgehead atoms. The maximum absolute atomic E-state index is 12.7. The van der Waals surface area contributed by atoms with Crippen molar-refractivity contribution in [1.29, 1.82) is 0 Å². The predicted molar refractivity (Wildman–Crippen MR) is 106 cm³/mol. The van der Waals surface area contributed by atoms with Crippen LogP contribution in [-0.4, -0.2) is 23.1 Å². The Morgan fingerprint density at radius 3 is 1.96 bits per heavy atom. The number of esters is 1. The lowest BCUT2D eigenvalue weighted by molar-refractivity contribution is -0.129. The van der Waals surface area contributed by atoms with E-state index in [0.717, 1.165) is 11.1 Å². The molecule has 0 heterocycles. The van der Waals surface area contributed by atoms with Crippen LogP contribution in [0.2, 0.25) is 0 Å². The lowest BCUT2D eigenvalue weighted by Gasteiger charge is -2.22. The maximum Gasteiger partial charge on any atom is 0.339 e. The standard InChI is InChI=1S/C23H21NO4/c1-16(28-23(27)19-13-8-14-20(25)15-19)22(26)24-21(17-9-4-2-5-10-17)18-11-6-3-7-12-18/h2-16,21,25H,1H3,(H,24,26)/t16-/m0/s1. The van der Waals surface area contributed by atoms with E-state index in [9.17, 15) is 14.7 Å². The number of phenols is 1. The summed E-state index contributed by atoms with van der Waals surface area (Å²) in [5.74, 6) is -1.12. The number of benzene rings is 3. The molecule has 0 unspecified atom stereocenters. The van der Waals surface area contributed by atoms with Crippen LogP contribution in [-0.2, 0) is 9.53 Å². The highest BCUT2D eigenvalue weighted by Gasteiger charge is 2.23. The van der Waals surface area contributed by atoms with E-state index < -0.39 is 18.0 Å². The molecule has 0 saturated heterocycles. The Morgan fingerprint density at radius 1 is 0.857 bits per heavy atom. The average molecular weight is 375 g/mol. The van der Waals surface area contributed by atoms with Crippen molar-refractivity contribution in [1.82, 2.24) is 5.32 Å². The molecule has 2 N–H and O–H groups in total. The molecule has 5 nitrogen and oxygen atoms in total. The van der Waals surface area contributed by atoms with Crippen molar-refractivity contribution in [2.75, 3.05) is 0 Å². The number of phenolic OH excluding ortho intramolecular Hbond substituents is 1. The van der Waals surface area contributed by atoms with Crippen LogP contribution in [0.5, 0.6) is 5.75 Å². The number of carbonyl (C=O) groups excluding carboxylic acids is 2. The molecule has 0 spiro atoms. The Hall–Kier alpha value is -3.60. The molecule has 0 aliphatic heterocycles. The summed E-state index contributed by atoms with van der Waals surface area (Å²) >= 11 is 0. The van der Waals surface area contributed by atoms with Gasteiger partial charge in [-0.3, -0.25) is 4.79 Å². The first-order valence-corrected chi connectivity index (χ1v) is 8.95. The highest BCUT2D eigenvalue weighted by Crippen LogP contribution is 2.22. The molecule has 28 heavy (non-hydrogen) atoms. The fraction of sp³-hybridized carbons (Fsp3) is 0.130. The van der Waals surface area contributed by atoms with Gasteiger partial charge in [0, 0.05) is 0 Å². The Labute approximate surface area is 163 Å². The van der Waals surface area contributed by atoms with Crippen LogP contribution in [0.4, 0.5) is 0 Å². The number of hydrogen-bond acceptors (Lipinski definition) is 4. The first kappa shape index (κ1) is 19.2. The van der Waals surface area contributed by atoms with Crippen molar-refractivity contribution >= 4 is 11.9 Å². The lowest BCUT2D eigenvalue weighted by Crippen LogP contribution is -2.38. The third kappa shape index (κ3) is 4.76. The van der Waals surface area contributed by atoms with E-state index in [-0.39, 0.29) is 17.4 Å². The predicted octanol–water partition coefficient (Wildman–Crippen LogP) is 3.84. The molecule has 0 radical (unpaired) electrons. The van der Waals surface area contributed by atoms with Crippen molar-refractivity contribution in [2.24, 2.45) is 0 Å². The van der Waals surface area contributed by atoms with E-state index in [2.05, 4.69) is 5.32 Å². The van der Waals surface area contributed by atoms with Crippen molar-refractivity contribution in [3.63, 3.8) is 0 Å². The zero-order valence-electron chi connectivity index (χ0n) is 15.4. The smallest absolute Gasteiger partial charge is 0.339 e. The monoisotopic (exact) mass is 375 g/mol. The summed E-state index contributed by atoms with van der Waals surface area (Å²) in [4.78, 5) is 24.9. The Kier molecular flexibility index (Phi) is 6.07. The molecular weight excluding hydrogens is 354 g/mol. The molecule has 5 heteroatoms. The molecule has 0 aromatic heterocycles. The van der Waals surface area contributed by atoms with E-state index in [0.29, 0.717) is 0 Å². The van der Waals surface area contributed by atoms with Crippen LogP contribution < -0.4 is 5.32 Å². The summed E-state index contributed by atoms with van der Waals surface area (Å²) < 4.78 is 5.26. The summed E-state index contributed by atoms with van der Waals surface area (Å²) in [5.41, 5.74) is 2.03. The van der Waals surface area contributed by atoms with Gasteiger partial charge in [0.2, 0.25) is 0 Å². The Balaban J connectivity index is 1.73. The number of hydrogen-bond donors (Lipinski definition) is 2. The summed E-state index contributed by atoms with van der Waals surface area (Å²) in [6.07, 6.45) is -0.996. The van der Waals surface area contributed by atoms with Gasteiger partial charge in [-0.15, -0.1) is 0 Å². The average Bonchev–Trinajstić information content (AvgIpc) is 2.73. The first-order chi connectivity index (χ1) is 13.5. The number of carbonyl (C=O) groups is 2. The van der Waals surface area contributed by atoms with Gasteiger partial charge < -0.3 is 15.2 Å². The van der Waals surface area contributed by atoms with Crippen LogP contribution in [0.1, 0.15) is 34.5 Å². The number of ether oxygens (including phenoxy) is 1. The van der Waals surface area contributed by atoms with Gasteiger partial charge >= 0.3 is 5.97 Å². The number of amides is 1. The van der Waals surface area contributed by atoms with E-state index in [1.165, 1.54) is 31.2 Å². The fourth-order valence-corrected chi connectivity index (χ4v) is 2.82. The largest absolute Gasteiger partial charge is 0.508 e. The molecule has 142 valence electrons. The quantitative estimate of drug-likeness (QED) is 0.642. The van der Waals surface area contributed by atoms with E-state index in [1.54, 1.807) is 0 Å². The van der Waals surface area contributed by atoms with Gasteiger partial charge in [0.1, 0.15) is 5.75 Å². The maximum atomic E-state index is 12.7. The number of rotatable bonds is 6. The minimum Gasteiger partial charge on any atom is -0.508 e. The molecule has 0 fully saturated rings. The SMILES string of the molecule is C[C@H](OC(=O)c1cccc(O)c1)C(=O)NC(c1ccccc1)c1ccccc1. The Morgan fingerprint density at radius 2 is 1.43 bits per heavy atom. The second kappa shape index (κ2) is 8.86. The second-order valence-corrected chi connectivity index (χ2v) is 6.36. The third-order valence-corrected chi connectivity index (χ3v) is 4.29. The second-order valence-electron chi connectivity index (χ2n) is 6.36. The van der Waals surface area contributed by atoms with Crippen LogP contribution in [0, 0.1) is 0 Å². The zero-order valence-corrected chi connectivity index (χ0v) is 15.4. The third-order valence-electron chi connectivity index (χ3n) is 4.29. The molecule has 0 saturated carbocycles. The summed E-state index contributed by atoms with van der Waals surface area (Å²) in [6.45, 7) is 1.52. The fourth-order valence-electron chi connectivity index (χ4n) is 2.82. The molecule has 3 aromatic rings. The van der Waals surface area contributed by atoms with Gasteiger partial charge in [0.15, 0.2) is 6.10 Å². The minimum absolute atomic E-state index is 0.0419. The first-order valence-electron chi connectivity index (χ1n) is 8.95. The van der Waals surface area contributed by atoms with Crippen molar-refractivity contribution in [2.45, 2.75) is 19.1 Å². The summed E-state index contributed by atoms with van der Waals surface area (Å²) in [5, 5.41) is 12.4. The van der Waals surface area contributed by atoms with Crippen LogP contribution in [0.25, 0.3) is 0 Å². The molecular formula is C23H21NO4. The van der Waals surface area contributed by atoms with Crippen LogP contribution in [0.3, 0.4) is 0 Å². The normalized spacial score (nSPS) is 11.6. The van der Waals surface area contributed by atoms with Gasteiger partial charge in [0.25, 0.3) is 5.91 Å².